The minimum absolute atomic E-state index is 0.320. The van der Waals surface area contributed by atoms with Crippen molar-refractivity contribution in [3.05, 3.63) is 40.9 Å². The molecule has 2 N–H and O–H groups in total. The number of ether oxygens (including phenoxy) is 1. The number of hydrogen-bond donors (Lipinski definition) is 2. The van der Waals surface area contributed by atoms with Crippen molar-refractivity contribution in [2.45, 2.75) is 12.5 Å². The fourth-order valence-corrected chi connectivity index (χ4v) is 2.21. The van der Waals surface area contributed by atoms with Crippen molar-refractivity contribution in [2.75, 3.05) is 6.61 Å². The van der Waals surface area contributed by atoms with Crippen LogP contribution in [-0.4, -0.2) is 28.4 Å². The van der Waals surface area contributed by atoms with Gasteiger partial charge in [0.1, 0.15) is 12.4 Å². The molecule has 2 rings (SSSR count). The maximum absolute atomic E-state index is 10.8. The molecule has 0 radical (unpaired) electrons. The average molecular weight is 325 g/mol. The topological polar surface area (TPSA) is 66.8 Å². The lowest BCUT2D eigenvalue weighted by molar-refractivity contribution is -0.159. The summed E-state index contributed by atoms with van der Waals surface area (Å²) in [4.78, 5) is 10.8. The van der Waals surface area contributed by atoms with Crippen molar-refractivity contribution >= 4 is 32.7 Å². The van der Waals surface area contributed by atoms with Crippen LogP contribution in [0, 0.1) is 0 Å². The summed E-state index contributed by atoms with van der Waals surface area (Å²) in [6.45, 7) is 0.879. The summed E-state index contributed by atoms with van der Waals surface area (Å²) in [6, 6.07) is 11.4. The van der Waals surface area contributed by atoms with Crippen LogP contribution in [0.5, 0.6) is 5.75 Å². The molecule has 0 heterocycles. The number of hydrogen-bond acceptors (Lipinski definition) is 3. The summed E-state index contributed by atoms with van der Waals surface area (Å²) in [5.74, 6) is -0.815. The lowest BCUT2D eigenvalue weighted by Crippen LogP contribution is -2.41. The number of fused-ring (bicyclic) bond motifs is 1. The van der Waals surface area contributed by atoms with Crippen molar-refractivity contribution in [3.63, 3.8) is 0 Å². The van der Waals surface area contributed by atoms with Gasteiger partial charge in [0.15, 0.2) is 5.60 Å². The number of benzene rings is 2. The van der Waals surface area contributed by atoms with Crippen LogP contribution in [0.2, 0.25) is 0 Å². The van der Waals surface area contributed by atoms with Gasteiger partial charge in [0, 0.05) is 0 Å². The molecule has 2 aromatic carbocycles. The second-order valence-electron chi connectivity index (χ2n) is 4.47. The van der Waals surface area contributed by atoms with E-state index in [1.807, 2.05) is 30.3 Å². The van der Waals surface area contributed by atoms with Crippen LogP contribution in [0.3, 0.4) is 0 Å². The number of aliphatic carboxylic acids is 1. The molecule has 0 amide bonds. The maximum Gasteiger partial charge on any atom is 0.339 e. The quantitative estimate of drug-likeness (QED) is 0.907. The molecular formula is C14H13BrO4. The molecule has 2 aromatic rings. The van der Waals surface area contributed by atoms with Gasteiger partial charge in [-0.05, 0) is 39.7 Å². The summed E-state index contributed by atoms with van der Waals surface area (Å²) in [7, 11) is 0. The molecule has 1 unspecified atom stereocenters. The number of carboxylic acid groups (broad SMARTS) is 1. The number of carboxylic acids is 1. The zero-order valence-electron chi connectivity index (χ0n) is 10.3. The number of carbonyl (C=O) groups is 1. The summed E-state index contributed by atoms with van der Waals surface area (Å²) >= 11 is 3.43. The minimum atomic E-state index is -1.91. The summed E-state index contributed by atoms with van der Waals surface area (Å²) < 4.78 is 6.14. The minimum Gasteiger partial charge on any atom is -0.489 e. The SMILES string of the molecule is CC(O)(COc1ccc2ccccc2c1Br)C(=O)O. The van der Waals surface area contributed by atoms with E-state index in [1.54, 1.807) is 6.07 Å². The van der Waals surface area contributed by atoms with Gasteiger partial charge in [-0.2, -0.15) is 0 Å². The van der Waals surface area contributed by atoms with E-state index in [-0.39, 0.29) is 6.61 Å². The summed E-state index contributed by atoms with van der Waals surface area (Å²) in [6.07, 6.45) is 0. The van der Waals surface area contributed by atoms with E-state index in [0.717, 1.165) is 15.2 Å². The normalized spacial score (nSPS) is 14.1. The Morgan fingerprint density at radius 2 is 2.00 bits per heavy atom. The van der Waals surface area contributed by atoms with Gasteiger partial charge in [0.05, 0.1) is 4.47 Å². The molecule has 0 aliphatic carbocycles. The molecule has 0 aromatic heterocycles. The molecule has 5 heteroatoms. The lowest BCUT2D eigenvalue weighted by atomic mass is 10.1. The number of halogens is 1. The molecule has 4 nitrogen and oxygen atoms in total. The largest absolute Gasteiger partial charge is 0.489 e. The van der Waals surface area contributed by atoms with Gasteiger partial charge in [-0.3, -0.25) is 0 Å². The molecule has 0 saturated carbocycles. The Morgan fingerprint density at radius 3 is 2.68 bits per heavy atom. The first-order valence-electron chi connectivity index (χ1n) is 5.67. The van der Waals surface area contributed by atoms with Crippen LogP contribution in [-0.2, 0) is 4.79 Å². The van der Waals surface area contributed by atoms with Gasteiger partial charge in [0.2, 0.25) is 0 Å². The Balaban J connectivity index is 2.27. The Labute approximate surface area is 118 Å². The van der Waals surface area contributed by atoms with Gasteiger partial charge < -0.3 is 14.9 Å². The molecule has 0 fully saturated rings. The molecule has 0 spiro atoms. The number of aliphatic hydroxyl groups is 1. The predicted molar refractivity (Wildman–Crippen MR) is 75.4 cm³/mol. The Hall–Kier alpha value is -1.59. The first kappa shape index (κ1) is 13.8. The highest BCUT2D eigenvalue weighted by Gasteiger charge is 2.31. The van der Waals surface area contributed by atoms with Crippen molar-refractivity contribution in [1.29, 1.82) is 0 Å². The fourth-order valence-electron chi connectivity index (χ4n) is 1.61. The van der Waals surface area contributed by atoms with E-state index in [4.69, 9.17) is 9.84 Å². The molecule has 100 valence electrons. The van der Waals surface area contributed by atoms with E-state index in [0.29, 0.717) is 5.75 Å². The third-order valence-electron chi connectivity index (χ3n) is 2.80. The second kappa shape index (κ2) is 5.19. The second-order valence-corrected chi connectivity index (χ2v) is 5.26. The molecule has 0 bridgehead atoms. The van der Waals surface area contributed by atoms with Crippen LogP contribution in [0.1, 0.15) is 6.92 Å². The maximum atomic E-state index is 10.8. The Kier molecular flexibility index (Phi) is 3.78. The van der Waals surface area contributed by atoms with Crippen molar-refractivity contribution in [2.24, 2.45) is 0 Å². The van der Waals surface area contributed by atoms with E-state index in [2.05, 4.69) is 15.9 Å². The predicted octanol–water partition coefficient (Wildman–Crippen LogP) is 2.82. The van der Waals surface area contributed by atoms with Crippen LogP contribution in [0.4, 0.5) is 0 Å². The van der Waals surface area contributed by atoms with Gasteiger partial charge >= 0.3 is 5.97 Å². The van der Waals surface area contributed by atoms with Crippen LogP contribution < -0.4 is 4.74 Å². The molecular weight excluding hydrogens is 312 g/mol. The molecule has 1 atom stereocenters. The average Bonchev–Trinajstić information content (AvgIpc) is 2.38. The van der Waals surface area contributed by atoms with Gasteiger partial charge in [-0.15, -0.1) is 0 Å². The monoisotopic (exact) mass is 324 g/mol. The van der Waals surface area contributed by atoms with Gasteiger partial charge in [-0.1, -0.05) is 30.3 Å². The van der Waals surface area contributed by atoms with Crippen molar-refractivity contribution in [3.8, 4) is 5.75 Å². The third-order valence-corrected chi connectivity index (χ3v) is 3.62. The summed E-state index contributed by atoms with van der Waals surface area (Å²) in [5.41, 5.74) is -1.91. The van der Waals surface area contributed by atoms with Gasteiger partial charge in [-0.25, -0.2) is 4.79 Å². The van der Waals surface area contributed by atoms with E-state index in [1.165, 1.54) is 6.92 Å². The highest BCUT2D eigenvalue weighted by atomic mass is 79.9. The summed E-state index contributed by atoms with van der Waals surface area (Å²) in [5, 5.41) is 20.5. The first-order chi connectivity index (χ1) is 8.92. The van der Waals surface area contributed by atoms with E-state index < -0.39 is 11.6 Å². The molecule has 0 saturated heterocycles. The third kappa shape index (κ3) is 2.88. The van der Waals surface area contributed by atoms with Gasteiger partial charge in [0.25, 0.3) is 0 Å². The standard InChI is InChI=1S/C14H13BrO4/c1-14(18,13(16)17)8-19-11-7-6-9-4-2-3-5-10(9)12(11)15/h2-7,18H,8H2,1H3,(H,16,17). The van der Waals surface area contributed by atoms with Crippen LogP contribution >= 0.6 is 15.9 Å². The lowest BCUT2D eigenvalue weighted by Gasteiger charge is -2.19. The first-order valence-corrected chi connectivity index (χ1v) is 6.47. The van der Waals surface area contributed by atoms with Crippen molar-refractivity contribution in [1.82, 2.24) is 0 Å². The van der Waals surface area contributed by atoms with E-state index in [9.17, 15) is 9.90 Å². The highest BCUT2D eigenvalue weighted by Crippen LogP contribution is 2.33. The van der Waals surface area contributed by atoms with Crippen LogP contribution in [0.25, 0.3) is 10.8 Å². The van der Waals surface area contributed by atoms with E-state index >= 15 is 0 Å². The highest BCUT2D eigenvalue weighted by molar-refractivity contribution is 9.10. The number of rotatable bonds is 4. The molecule has 0 aliphatic rings. The fraction of sp³-hybridized carbons (Fsp3) is 0.214. The molecule has 19 heavy (non-hydrogen) atoms. The van der Waals surface area contributed by atoms with Crippen molar-refractivity contribution < 1.29 is 19.7 Å². The zero-order valence-corrected chi connectivity index (χ0v) is 11.8. The Bertz CT molecular complexity index is 622. The Morgan fingerprint density at radius 1 is 1.32 bits per heavy atom. The van der Waals surface area contributed by atoms with Crippen LogP contribution in [0.15, 0.2) is 40.9 Å². The zero-order chi connectivity index (χ0) is 14.0. The smallest absolute Gasteiger partial charge is 0.339 e. The molecule has 0 aliphatic heterocycles.